The first-order valence-electron chi connectivity index (χ1n) is 8.61. The van der Waals surface area contributed by atoms with Gasteiger partial charge in [-0.25, -0.2) is 26.4 Å². The van der Waals surface area contributed by atoms with E-state index >= 15 is 0 Å². The number of urea groups is 1. The molecule has 0 unspecified atom stereocenters. The SMILES string of the molecule is CC(C)S(=O)(=O)NC1CCN(C(=O)Nc2ccc(NS(C)(=O)=O)cc2)CC1. The number of amides is 2. The van der Waals surface area contributed by atoms with E-state index in [0.29, 0.717) is 37.3 Å². The molecule has 0 saturated carbocycles. The molecule has 1 aromatic rings. The van der Waals surface area contributed by atoms with E-state index in [1.807, 2.05) is 0 Å². The Hall–Kier alpha value is -1.85. The molecular formula is C16H26N4O5S2. The summed E-state index contributed by atoms with van der Waals surface area (Å²) >= 11 is 0. The Balaban J connectivity index is 1.86. The van der Waals surface area contributed by atoms with Gasteiger partial charge in [-0.1, -0.05) is 0 Å². The normalized spacial score (nSPS) is 16.4. The summed E-state index contributed by atoms with van der Waals surface area (Å²) in [6.45, 7) is 4.15. The summed E-state index contributed by atoms with van der Waals surface area (Å²) in [5.41, 5.74) is 0.954. The largest absolute Gasteiger partial charge is 0.324 e. The molecule has 2 amide bonds. The van der Waals surface area contributed by atoms with Crippen molar-refractivity contribution in [2.24, 2.45) is 0 Å². The minimum Gasteiger partial charge on any atom is -0.324 e. The Morgan fingerprint density at radius 1 is 1.04 bits per heavy atom. The average Bonchev–Trinajstić information content (AvgIpc) is 2.55. The summed E-state index contributed by atoms with van der Waals surface area (Å²) in [6, 6.07) is 5.89. The highest BCUT2D eigenvalue weighted by Gasteiger charge is 2.27. The summed E-state index contributed by atoms with van der Waals surface area (Å²) in [6.07, 6.45) is 2.17. The summed E-state index contributed by atoms with van der Waals surface area (Å²) in [5.74, 6) is 0. The van der Waals surface area contributed by atoms with Crippen molar-refractivity contribution < 1.29 is 21.6 Å². The third kappa shape index (κ3) is 6.67. The van der Waals surface area contributed by atoms with Gasteiger partial charge in [-0.05, 0) is 51.0 Å². The maximum absolute atomic E-state index is 12.3. The van der Waals surface area contributed by atoms with E-state index in [4.69, 9.17) is 0 Å². The van der Waals surface area contributed by atoms with Crippen molar-refractivity contribution in [3.8, 4) is 0 Å². The van der Waals surface area contributed by atoms with Crippen molar-refractivity contribution in [3.63, 3.8) is 0 Å². The molecule has 152 valence electrons. The van der Waals surface area contributed by atoms with Crippen LogP contribution in [0.4, 0.5) is 16.2 Å². The molecule has 0 spiro atoms. The van der Waals surface area contributed by atoms with Crippen molar-refractivity contribution in [1.29, 1.82) is 0 Å². The van der Waals surface area contributed by atoms with Crippen molar-refractivity contribution in [2.45, 2.75) is 38.0 Å². The second-order valence-corrected chi connectivity index (χ2v) is 10.9. The fraction of sp³-hybridized carbons (Fsp3) is 0.562. The lowest BCUT2D eigenvalue weighted by atomic mass is 10.1. The number of carbonyl (C=O) groups excluding carboxylic acids is 1. The van der Waals surface area contributed by atoms with Crippen LogP contribution < -0.4 is 14.8 Å². The number of anilines is 2. The lowest BCUT2D eigenvalue weighted by Gasteiger charge is -2.32. The fourth-order valence-corrected chi connectivity index (χ4v) is 4.14. The van der Waals surface area contributed by atoms with Gasteiger partial charge in [-0.3, -0.25) is 4.72 Å². The first-order chi connectivity index (χ1) is 12.5. The van der Waals surface area contributed by atoms with Gasteiger partial charge in [0.05, 0.1) is 11.5 Å². The molecule has 2 rings (SSSR count). The molecule has 27 heavy (non-hydrogen) atoms. The molecule has 1 aliphatic heterocycles. The molecule has 0 atom stereocenters. The van der Waals surface area contributed by atoms with Crippen molar-refractivity contribution >= 4 is 37.5 Å². The van der Waals surface area contributed by atoms with Crippen LogP contribution in [0, 0.1) is 0 Å². The number of rotatable bonds is 6. The zero-order valence-electron chi connectivity index (χ0n) is 15.6. The van der Waals surface area contributed by atoms with Crippen LogP contribution in [0.5, 0.6) is 0 Å². The van der Waals surface area contributed by atoms with Gasteiger partial charge >= 0.3 is 6.03 Å². The molecule has 1 saturated heterocycles. The molecule has 1 fully saturated rings. The molecule has 0 bridgehead atoms. The summed E-state index contributed by atoms with van der Waals surface area (Å²) in [5, 5.41) is 2.27. The molecule has 1 aliphatic rings. The lowest BCUT2D eigenvalue weighted by Crippen LogP contribution is -2.48. The Bertz CT molecular complexity index is 859. The molecule has 11 heteroatoms. The quantitative estimate of drug-likeness (QED) is 0.644. The fourth-order valence-electron chi connectivity index (χ4n) is 2.61. The molecule has 0 radical (unpaired) electrons. The summed E-state index contributed by atoms with van der Waals surface area (Å²) in [4.78, 5) is 14.0. The minimum atomic E-state index is -3.35. The number of carbonyl (C=O) groups is 1. The topological polar surface area (TPSA) is 125 Å². The van der Waals surface area contributed by atoms with Gasteiger partial charge in [0.25, 0.3) is 0 Å². The van der Waals surface area contributed by atoms with Crippen molar-refractivity contribution in [2.75, 3.05) is 29.4 Å². The predicted octanol–water partition coefficient (Wildman–Crippen LogP) is 1.38. The Morgan fingerprint density at radius 2 is 1.56 bits per heavy atom. The van der Waals surface area contributed by atoms with E-state index < -0.39 is 25.3 Å². The van der Waals surface area contributed by atoms with Gasteiger partial charge in [0.1, 0.15) is 0 Å². The van der Waals surface area contributed by atoms with Crippen LogP contribution in [0.1, 0.15) is 26.7 Å². The number of nitrogens with zero attached hydrogens (tertiary/aromatic N) is 1. The summed E-state index contributed by atoms with van der Waals surface area (Å²) < 4.78 is 51.3. The highest BCUT2D eigenvalue weighted by atomic mass is 32.2. The van der Waals surface area contributed by atoms with E-state index in [9.17, 15) is 21.6 Å². The van der Waals surface area contributed by atoms with E-state index in [1.54, 1.807) is 43.0 Å². The van der Waals surface area contributed by atoms with Crippen LogP contribution in [-0.4, -0.2) is 58.4 Å². The van der Waals surface area contributed by atoms with E-state index in [-0.39, 0.29) is 12.1 Å². The monoisotopic (exact) mass is 418 g/mol. The highest BCUT2D eigenvalue weighted by molar-refractivity contribution is 7.92. The van der Waals surface area contributed by atoms with Crippen LogP contribution >= 0.6 is 0 Å². The van der Waals surface area contributed by atoms with Crippen LogP contribution in [0.25, 0.3) is 0 Å². The molecule has 0 aliphatic carbocycles. The number of sulfonamides is 2. The van der Waals surface area contributed by atoms with Crippen molar-refractivity contribution in [1.82, 2.24) is 9.62 Å². The molecule has 9 nitrogen and oxygen atoms in total. The second-order valence-electron chi connectivity index (χ2n) is 6.85. The molecular weight excluding hydrogens is 392 g/mol. The highest BCUT2D eigenvalue weighted by Crippen LogP contribution is 2.17. The maximum atomic E-state index is 12.3. The van der Waals surface area contributed by atoms with Crippen LogP contribution in [0.2, 0.25) is 0 Å². The van der Waals surface area contributed by atoms with Crippen molar-refractivity contribution in [3.05, 3.63) is 24.3 Å². The van der Waals surface area contributed by atoms with Crippen LogP contribution in [0.15, 0.2) is 24.3 Å². The molecule has 3 N–H and O–H groups in total. The van der Waals surface area contributed by atoms with E-state index in [1.165, 1.54) is 0 Å². The first kappa shape index (κ1) is 21.5. The number of piperidine rings is 1. The number of benzene rings is 1. The number of hydrogen-bond donors (Lipinski definition) is 3. The number of hydrogen-bond acceptors (Lipinski definition) is 5. The lowest BCUT2D eigenvalue weighted by molar-refractivity contribution is 0.193. The Morgan fingerprint density at radius 3 is 2.04 bits per heavy atom. The second kappa shape index (κ2) is 8.44. The van der Waals surface area contributed by atoms with Crippen LogP contribution in [-0.2, 0) is 20.0 Å². The molecule has 0 aromatic heterocycles. The first-order valence-corrected chi connectivity index (χ1v) is 12.0. The zero-order chi connectivity index (χ0) is 20.2. The predicted molar refractivity (Wildman–Crippen MR) is 106 cm³/mol. The third-order valence-corrected chi connectivity index (χ3v) is 6.68. The zero-order valence-corrected chi connectivity index (χ0v) is 17.2. The van der Waals surface area contributed by atoms with E-state index in [2.05, 4.69) is 14.8 Å². The van der Waals surface area contributed by atoms with Crippen LogP contribution in [0.3, 0.4) is 0 Å². The number of nitrogens with one attached hydrogen (secondary N) is 3. The Labute approximate surface area is 160 Å². The summed E-state index contributed by atoms with van der Waals surface area (Å²) in [7, 11) is -6.67. The van der Waals surface area contributed by atoms with Gasteiger partial charge < -0.3 is 10.2 Å². The van der Waals surface area contributed by atoms with E-state index in [0.717, 1.165) is 6.26 Å². The molecule has 1 heterocycles. The van der Waals surface area contributed by atoms with Gasteiger partial charge in [-0.15, -0.1) is 0 Å². The standard InChI is InChI=1S/C16H26N4O5S2/c1-12(2)27(24,25)19-15-8-10-20(11-9-15)16(21)17-13-4-6-14(7-5-13)18-26(3,22)23/h4-7,12,15,18-19H,8-11H2,1-3H3,(H,17,21). The minimum absolute atomic E-state index is 0.164. The van der Waals surface area contributed by atoms with Gasteiger partial charge in [0.2, 0.25) is 20.0 Å². The Kier molecular flexibility index (Phi) is 6.71. The van der Waals surface area contributed by atoms with Gasteiger partial charge in [-0.2, -0.15) is 0 Å². The maximum Gasteiger partial charge on any atom is 0.321 e. The third-order valence-electron chi connectivity index (χ3n) is 4.17. The smallest absolute Gasteiger partial charge is 0.321 e. The average molecular weight is 419 g/mol. The molecule has 1 aromatic carbocycles. The number of likely N-dealkylation sites (tertiary alicyclic amines) is 1. The van der Waals surface area contributed by atoms with Gasteiger partial charge in [0.15, 0.2) is 0 Å². The van der Waals surface area contributed by atoms with Gasteiger partial charge in [0, 0.05) is 30.5 Å².